The topological polar surface area (TPSA) is 52.6 Å². The fourth-order valence-corrected chi connectivity index (χ4v) is 3.10. The van der Waals surface area contributed by atoms with Crippen molar-refractivity contribution >= 4 is 11.9 Å². The van der Waals surface area contributed by atoms with Crippen LogP contribution in [-0.2, 0) is 9.47 Å². The Hall–Kier alpha value is -1.84. The van der Waals surface area contributed by atoms with Gasteiger partial charge >= 0.3 is 11.9 Å². The number of hydrogen-bond acceptors (Lipinski definition) is 4. The normalized spacial score (nSPS) is 12.5. The van der Waals surface area contributed by atoms with Crippen LogP contribution in [0.15, 0.2) is 24.3 Å². The van der Waals surface area contributed by atoms with Crippen LogP contribution in [0.3, 0.4) is 0 Å². The van der Waals surface area contributed by atoms with Crippen LogP contribution in [-0.4, -0.2) is 25.2 Å². The van der Waals surface area contributed by atoms with E-state index in [9.17, 15) is 9.59 Å². The predicted octanol–water partition coefficient (Wildman–Crippen LogP) is 6.04. The minimum absolute atomic E-state index is 0.212. The Kier molecular flexibility index (Phi) is 10.1. The standard InChI is InChI=1S/C23H36O4/c1-6-7-8-9-10-15-26-21(24)19-11-13-20(14-12-19)22(25)27-17-18(2)16-23(3,4)5/h11-14,18H,6-10,15-17H2,1-5H3. The number of esters is 2. The highest BCUT2D eigenvalue weighted by molar-refractivity contribution is 5.93. The number of ether oxygens (including phenoxy) is 2. The maximum Gasteiger partial charge on any atom is 0.338 e. The van der Waals surface area contributed by atoms with Gasteiger partial charge in [0.2, 0.25) is 0 Å². The summed E-state index contributed by atoms with van der Waals surface area (Å²) in [7, 11) is 0. The fraction of sp³-hybridized carbons (Fsp3) is 0.652. The van der Waals surface area contributed by atoms with Crippen molar-refractivity contribution in [1.29, 1.82) is 0 Å². The molecule has 1 aromatic carbocycles. The van der Waals surface area contributed by atoms with Crippen LogP contribution in [0.2, 0.25) is 0 Å². The molecule has 0 heterocycles. The van der Waals surface area contributed by atoms with Crippen molar-refractivity contribution in [3.05, 3.63) is 35.4 Å². The highest BCUT2D eigenvalue weighted by Gasteiger charge is 2.17. The van der Waals surface area contributed by atoms with Gasteiger partial charge in [0, 0.05) is 0 Å². The molecule has 1 aromatic rings. The third kappa shape index (κ3) is 10.2. The van der Waals surface area contributed by atoms with Crippen molar-refractivity contribution in [2.75, 3.05) is 13.2 Å². The molecule has 0 saturated heterocycles. The SMILES string of the molecule is CCCCCCCOC(=O)c1ccc(C(=O)OCC(C)CC(C)(C)C)cc1. The molecule has 0 aromatic heterocycles. The summed E-state index contributed by atoms with van der Waals surface area (Å²) in [5.41, 5.74) is 1.12. The lowest BCUT2D eigenvalue weighted by Crippen LogP contribution is -2.18. The molecule has 0 aliphatic carbocycles. The number of rotatable bonds is 11. The van der Waals surface area contributed by atoms with E-state index in [4.69, 9.17) is 9.47 Å². The van der Waals surface area contributed by atoms with Crippen LogP contribution in [0.25, 0.3) is 0 Å². The van der Waals surface area contributed by atoms with Gasteiger partial charge in [-0.2, -0.15) is 0 Å². The van der Waals surface area contributed by atoms with Gasteiger partial charge in [-0.05, 0) is 48.4 Å². The van der Waals surface area contributed by atoms with Crippen molar-refractivity contribution in [3.63, 3.8) is 0 Å². The molecular formula is C23H36O4. The molecule has 0 aliphatic heterocycles. The summed E-state index contributed by atoms with van der Waals surface area (Å²) in [4.78, 5) is 24.2. The summed E-state index contributed by atoms with van der Waals surface area (Å²) >= 11 is 0. The molecule has 4 heteroatoms. The third-order valence-electron chi connectivity index (χ3n) is 4.30. The summed E-state index contributed by atoms with van der Waals surface area (Å²) in [5, 5.41) is 0. The quantitative estimate of drug-likeness (QED) is 0.349. The molecule has 0 aliphatic rings. The molecule has 27 heavy (non-hydrogen) atoms. The minimum Gasteiger partial charge on any atom is -0.462 e. The fourth-order valence-electron chi connectivity index (χ4n) is 3.10. The third-order valence-corrected chi connectivity index (χ3v) is 4.30. The van der Waals surface area contributed by atoms with Gasteiger partial charge in [0.15, 0.2) is 0 Å². The average Bonchev–Trinajstić information content (AvgIpc) is 2.61. The van der Waals surface area contributed by atoms with Gasteiger partial charge in [-0.3, -0.25) is 0 Å². The van der Waals surface area contributed by atoms with Crippen LogP contribution in [0.5, 0.6) is 0 Å². The Labute approximate surface area is 164 Å². The van der Waals surface area contributed by atoms with Gasteiger partial charge in [-0.15, -0.1) is 0 Å². The smallest absolute Gasteiger partial charge is 0.338 e. The predicted molar refractivity (Wildman–Crippen MR) is 109 cm³/mol. The first kappa shape index (κ1) is 23.2. The Morgan fingerprint density at radius 2 is 1.41 bits per heavy atom. The highest BCUT2D eigenvalue weighted by atomic mass is 16.5. The number of hydrogen-bond donors (Lipinski definition) is 0. The van der Waals surface area contributed by atoms with Crippen molar-refractivity contribution in [3.8, 4) is 0 Å². The second-order valence-corrected chi connectivity index (χ2v) is 8.60. The van der Waals surface area contributed by atoms with Crippen LogP contribution in [0.1, 0.15) is 93.9 Å². The van der Waals surface area contributed by atoms with Crippen LogP contribution >= 0.6 is 0 Å². The van der Waals surface area contributed by atoms with E-state index in [2.05, 4.69) is 34.6 Å². The molecule has 152 valence electrons. The molecule has 0 spiro atoms. The minimum atomic E-state index is -0.355. The lowest BCUT2D eigenvalue weighted by atomic mass is 9.86. The Morgan fingerprint density at radius 1 is 0.889 bits per heavy atom. The molecular weight excluding hydrogens is 340 g/mol. The average molecular weight is 377 g/mol. The highest BCUT2D eigenvalue weighted by Crippen LogP contribution is 2.24. The van der Waals surface area contributed by atoms with E-state index in [0.717, 1.165) is 19.3 Å². The monoisotopic (exact) mass is 376 g/mol. The van der Waals surface area contributed by atoms with Crippen molar-refractivity contribution in [2.45, 2.75) is 73.1 Å². The van der Waals surface area contributed by atoms with Crippen molar-refractivity contribution in [2.24, 2.45) is 11.3 Å². The van der Waals surface area contributed by atoms with E-state index in [0.29, 0.717) is 30.3 Å². The maximum absolute atomic E-state index is 12.2. The Bertz CT molecular complexity index is 569. The maximum atomic E-state index is 12.2. The first-order chi connectivity index (χ1) is 12.7. The molecule has 4 nitrogen and oxygen atoms in total. The van der Waals surface area contributed by atoms with Gasteiger partial charge in [-0.25, -0.2) is 9.59 Å². The van der Waals surface area contributed by atoms with Gasteiger partial charge in [-0.1, -0.05) is 60.3 Å². The Morgan fingerprint density at radius 3 is 1.93 bits per heavy atom. The van der Waals surface area contributed by atoms with Crippen molar-refractivity contribution < 1.29 is 19.1 Å². The number of carbonyl (C=O) groups is 2. The van der Waals surface area contributed by atoms with E-state index in [-0.39, 0.29) is 17.4 Å². The zero-order valence-electron chi connectivity index (χ0n) is 17.7. The zero-order chi connectivity index (χ0) is 20.3. The summed E-state index contributed by atoms with van der Waals surface area (Å²) < 4.78 is 10.7. The molecule has 0 fully saturated rings. The van der Waals surface area contributed by atoms with E-state index < -0.39 is 0 Å². The second kappa shape index (κ2) is 11.8. The first-order valence-corrected chi connectivity index (χ1v) is 10.2. The number of benzene rings is 1. The second-order valence-electron chi connectivity index (χ2n) is 8.60. The Balaban J connectivity index is 2.39. The molecule has 0 saturated carbocycles. The zero-order valence-corrected chi connectivity index (χ0v) is 17.7. The molecule has 0 bridgehead atoms. The molecule has 1 unspecified atom stereocenters. The van der Waals surface area contributed by atoms with E-state index in [1.54, 1.807) is 24.3 Å². The number of unbranched alkanes of at least 4 members (excludes halogenated alkanes) is 4. The summed E-state index contributed by atoms with van der Waals surface area (Å²) in [6, 6.07) is 6.48. The number of carbonyl (C=O) groups excluding carboxylic acids is 2. The molecule has 0 radical (unpaired) electrons. The van der Waals surface area contributed by atoms with Crippen LogP contribution in [0, 0.1) is 11.3 Å². The summed E-state index contributed by atoms with van der Waals surface area (Å²) in [5.74, 6) is -0.392. The molecule has 1 atom stereocenters. The summed E-state index contributed by atoms with van der Waals surface area (Å²) in [6.45, 7) is 11.6. The summed E-state index contributed by atoms with van der Waals surface area (Å²) in [6.07, 6.45) is 6.57. The van der Waals surface area contributed by atoms with Gasteiger partial charge < -0.3 is 9.47 Å². The lowest BCUT2D eigenvalue weighted by Gasteiger charge is -2.22. The van der Waals surface area contributed by atoms with Crippen molar-refractivity contribution in [1.82, 2.24) is 0 Å². The first-order valence-electron chi connectivity index (χ1n) is 10.2. The molecule has 0 amide bonds. The molecule has 1 rings (SSSR count). The van der Waals surface area contributed by atoms with Gasteiger partial charge in [0.25, 0.3) is 0 Å². The molecule has 0 N–H and O–H groups in total. The van der Waals surface area contributed by atoms with Crippen LogP contribution in [0.4, 0.5) is 0 Å². The van der Waals surface area contributed by atoms with E-state index in [1.807, 2.05) is 0 Å². The van der Waals surface area contributed by atoms with Crippen LogP contribution < -0.4 is 0 Å². The van der Waals surface area contributed by atoms with Gasteiger partial charge in [0.05, 0.1) is 24.3 Å². The largest absolute Gasteiger partial charge is 0.462 e. The lowest BCUT2D eigenvalue weighted by molar-refractivity contribution is 0.0418. The van der Waals surface area contributed by atoms with E-state index >= 15 is 0 Å². The van der Waals surface area contributed by atoms with Gasteiger partial charge in [0.1, 0.15) is 0 Å². The van der Waals surface area contributed by atoms with E-state index in [1.165, 1.54) is 19.3 Å².